The third kappa shape index (κ3) is 7.51. The summed E-state index contributed by atoms with van der Waals surface area (Å²) in [7, 11) is 1.34. The number of carbonyl (C=O) groups is 2. The topological polar surface area (TPSA) is 132 Å². The van der Waals surface area contributed by atoms with Crippen molar-refractivity contribution in [2.24, 2.45) is 11.7 Å². The molecule has 252 valence electrons. The number of hydrogen-bond acceptors (Lipinski definition) is 6. The van der Waals surface area contributed by atoms with E-state index in [1.807, 2.05) is 0 Å². The number of amides is 2. The van der Waals surface area contributed by atoms with Gasteiger partial charge in [0.15, 0.2) is 5.60 Å². The number of methoxy groups -OCH3 is 1. The molecule has 0 fully saturated rings. The van der Waals surface area contributed by atoms with Crippen molar-refractivity contribution in [2.45, 2.75) is 64.3 Å². The summed E-state index contributed by atoms with van der Waals surface area (Å²) in [4.78, 5) is 24.8. The fourth-order valence-corrected chi connectivity index (χ4v) is 5.73. The van der Waals surface area contributed by atoms with Gasteiger partial charge in [-0.15, -0.1) is 0 Å². The van der Waals surface area contributed by atoms with Crippen LogP contribution in [0.5, 0.6) is 5.75 Å². The Kier molecular flexibility index (Phi) is 9.91. The van der Waals surface area contributed by atoms with Crippen LogP contribution in [0.2, 0.25) is 0 Å². The van der Waals surface area contributed by atoms with Crippen molar-refractivity contribution < 1.29 is 37.0 Å². The summed E-state index contributed by atoms with van der Waals surface area (Å²) in [6.07, 6.45) is -4.37. The van der Waals surface area contributed by atoms with Crippen molar-refractivity contribution in [3.8, 4) is 11.4 Å². The number of aliphatic hydroxyl groups is 1. The molecule has 2 atom stereocenters. The summed E-state index contributed by atoms with van der Waals surface area (Å²) in [5.74, 6) is -1.83. The molecule has 4 rings (SSSR count). The second-order valence-corrected chi connectivity index (χ2v) is 12.7. The average Bonchev–Trinajstić information content (AvgIpc) is 3.41. The lowest BCUT2D eigenvalue weighted by Crippen LogP contribution is -2.53. The first kappa shape index (κ1) is 35.2. The first-order chi connectivity index (χ1) is 21.9. The van der Waals surface area contributed by atoms with E-state index in [4.69, 9.17) is 10.5 Å². The van der Waals surface area contributed by atoms with Gasteiger partial charge in [0.1, 0.15) is 17.6 Å². The summed E-state index contributed by atoms with van der Waals surface area (Å²) in [5, 5.41) is 21.5. The molecule has 0 bridgehead atoms. The van der Waals surface area contributed by atoms with Crippen LogP contribution in [0.15, 0.2) is 60.8 Å². The van der Waals surface area contributed by atoms with Gasteiger partial charge in [-0.05, 0) is 78.8 Å². The highest BCUT2D eigenvalue weighted by atomic mass is 19.4. The van der Waals surface area contributed by atoms with E-state index in [-0.39, 0.29) is 22.8 Å². The van der Waals surface area contributed by atoms with E-state index in [0.717, 1.165) is 12.1 Å². The minimum absolute atomic E-state index is 0.187. The molecule has 13 heteroatoms. The number of nitrogens with zero attached hydrogens (tertiary/aromatic N) is 2. The Morgan fingerprint density at radius 3 is 2.40 bits per heavy atom. The Labute approximate surface area is 270 Å². The molecular weight excluding hydrogens is 618 g/mol. The number of hydrogen-bond donors (Lipinski definition) is 4. The lowest BCUT2D eigenvalue weighted by molar-refractivity contribution is -0.260. The van der Waals surface area contributed by atoms with Gasteiger partial charge in [0.05, 0.1) is 31.1 Å². The number of nitrogens with two attached hydrogens (primary N) is 1. The molecule has 4 aromatic rings. The molecule has 0 aliphatic heterocycles. The molecule has 1 heterocycles. The summed E-state index contributed by atoms with van der Waals surface area (Å²) in [6.45, 7) is 7.34. The standard InChI is InChI=1S/C34H39F4N5O4/c1-19(2)29(30(39)44)42-31(45)21-8-7-9-23(14-21)43-27-13-20(3)12-26(24(27)16-41-43)40-18-33(46,34(36,37)38)17-32(4,5)25-15-22(35)10-11-28(25)47-6/h7-16,19,29,40,46H,17-18H2,1-6H3,(H2,39,44)(H,42,45). The molecule has 1 aromatic heterocycles. The minimum atomic E-state index is -5.05. The van der Waals surface area contributed by atoms with Gasteiger partial charge in [-0.1, -0.05) is 33.8 Å². The zero-order valence-corrected chi connectivity index (χ0v) is 27.0. The minimum Gasteiger partial charge on any atom is -0.496 e. The van der Waals surface area contributed by atoms with Gasteiger partial charge in [0.2, 0.25) is 5.91 Å². The lowest BCUT2D eigenvalue weighted by Gasteiger charge is -2.38. The van der Waals surface area contributed by atoms with Crippen LogP contribution in [-0.4, -0.2) is 58.2 Å². The number of aryl methyl sites for hydroxylation is 1. The van der Waals surface area contributed by atoms with E-state index in [2.05, 4.69) is 15.7 Å². The highest BCUT2D eigenvalue weighted by Crippen LogP contribution is 2.44. The second-order valence-electron chi connectivity index (χ2n) is 12.7. The molecule has 3 aromatic carbocycles. The number of fused-ring (bicyclic) bond motifs is 1. The molecule has 0 radical (unpaired) electrons. The van der Waals surface area contributed by atoms with Crippen LogP contribution in [0, 0.1) is 18.7 Å². The molecule has 0 saturated carbocycles. The maximum absolute atomic E-state index is 14.5. The van der Waals surface area contributed by atoms with Gasteiger partial charge >= 0.3 is 6.18 Å². The average molecular weight is 658 g/mol. The van der Waals surface area contributed by atoms with Crippen molar-refractivity contribution >= 4 is 28.4 Å². The van der Waals surface area contributed by atoms with Crippen molar-refractivity contribution in [1.82, 2.24) is 15.1 Å². The number of rotatable bonds is 12. The van der Waals surface area contributed by atoms with Crippen molar-refractivity contribution in [3.05, 3.63) is 83.3 Å². The highest BCUT2D eigenvalue weighted by Gasteiger charge is 2.56. The van der Waals surface area contributed by atoms with Crippen LogP contribution in [0.1, 0.15) is 55.6 Å². The van der Waals surface area contributed by atoms with Crippen LogP contribution >= 0.6 is 0 Å². The van der Waals surface area contributed by atoms with Crippen LogP contribution in [0.25, 0.3) is 16.6 Å². The first-order valence-corrected chi connectivity index (χ1v) is 14.9. The van der Waals surface area contributed by atoms with E-state index in [1.54, 1.807) is 57.2 Å². The molecule has 47 heavy (non-hydrogen) atoms. The number of nitrogens with one attached hydrogen (secondary N) is 2. The fraction of sp³-hybridized carbons (Fsp3) is 0.382. The molecule has 2 unspecified atom stereocenters. The normalized spacial score (nSPS) is 14.1. The lowest BCUT2D eigenvalue weighted by atomic mass is 9.74. The Morgan fingerprint density at radius 1 is 1.09 bits per heavy atom. The van der Waals surface area contributed by atoms with Crippen LogP contribution in [-0.2, 0) is 10.2 Å². The number of halogens is 4. The van der Waals surface area contributed by atoms with Crippen molar-refractivity contribution in [1.29, 1.82) is 0 Å². The number of primary amides is 1. The largest absolute Gasteiger partial charge is 0.496 e. The van der Waals surface area contributed by atoms with Gasteiger partial charge < -0.3 is 26.2 Å². The van der Waals surface area contributed by atoms with E-state index in [9.17, 15) is 32.3 Å². The van der Waals surface area contributed by atoms with Gasteiger partial charge in [0, 0.05) is 22.2 Å². The van der Waals surface area contributed by atoms with Crippen molar-refractivity contribution in [2.75, 3.05) is 19.0 Å². The summed E-state index contributed by atoms with van der Waals surface area (Å²) in [5.41, 5.74) is 3.31. The maximum atomic E-state index is 14.5. The fourth-order valence-electron chi connectivity index (χ4n) is 5.73. The molecule has 9 nitrogen and oxygen atoms in total. The number of benzene rings is 3. The summed E-state index contributed by atoms with van der Waals surface area (Å²) < 4.78 is 64.5. The van der Waals surface area contributed by atoms with Crippen LogP contribution in [0.4, 0.5) is 23.2 Å². The number of aromatic nitrogens is 2. The van der Waals surface area contributed by atoms with Gasteiger partial charge in [0.25, 0.3) is 5.91 Å². The Balaban J connectivity index is 1.65. The summed E-state index contributed by atoms with van der Waals surface area (Å²) >= 11 is 0. The van der Waals surface area contributed by atoms with E-state index >= 15 is 0 Å². The first-order valence-electron chi connectivity index (χ1n) is 14.9. The monoisotopic (exact) mass is 657 g/mol. The number of ether oxygens (including phenoxy) is 1. The van der Waals surface area contributed by atoms with Crippen LogP contribution < -0.4 is 21.1 Å². The van der Waals surface area contributed by atoms with Gasteiger partial charge in [-0.3, -0.25) is 9.59 Å². The number of anilines is 1. The quantitative estimate of drug-likeness (QED) is 0.143. The third-order valence-electron chi connectivity index (χ3n) is 8.17. The molecular formula is C34H39F4N5O4. The molecule has 2 amide bonds. The SMILES string of the molecule is COc1ccc(F)cc1C(C)(C)CC(O)(CNc1cc(C)cc2c1cnn2-c1cccc(C(=O)NC(C(N)=O)C(C)C)c1)C(F)(F)F. The summed E-state index contributed by atoms with van der Waals surface area (Å²) in [6, 6.07) is 12.6. The number of carbonyl (C=O) groups excluding carboxylic acids is 2. The zero-order chi connectivity index (χ0) is 34.9. The molecule has 0 spiro atoms. The van der Waals surface area contributed by atoms with E-state index in [0.29, 0.717) is 27.8 Å². The van der Waals surface area contributed by atoms with E-state index < -0.39 is 53.8 Å². The smallest absolute Gasteiger partial charge is 0.418 e. The predicted molar refractivity (Wildman–Crippen MR) is 171 cm³/mol. The number of alkyl halides is 3. The molecule has 0 saturated heterocycles. The predicted octanol–water partition coefficient (Wildman–Crippen LogP) is 5.79. The van der Waals surface area contributed by atoms with Crippen LogP contribution in [0.3, 0.4) is 0 Å². The Morgan fingerprint density at radius 2 is 1.79 bits per heavy atom. The maximum Gasteiger partial charge on any atom is 0.418 e. The zero-order valence-electron chi connectivity index (χ0n) is 27.0. The highest BCUT2D eigenvalue weighted by molar-refractivity contribution is 5.98. The van der Waals surface area contributed by atoms with E-state index in [1.165, 1.54) is 37.9 Å². The Bertz CT molecular complexity index is 1790. The molecule has 0 aliphatic rings. The second kappa shape index (κ2) is 13.2. The Hall–Kier alpha value is -4.65. The van der Waals surface area contributed by atoms with Gasteiger partial charge in [-0.25, -0.2) is 9.07 Å². The van der Waals surface area contributed by atoms with Gasteiger partial charge in [-0.2, -0.15) is 18.3 Å². The molecule has 0 aliphatic carbocycles. The molecule has 5 N–H and O–H groups in total. The third-order valence-corrected chi connectivity index (χ3v) is 8.17. The van der Waals surface area contributed by atoms with Crippen molar-refractivity contribution in [3.63, 3.8) is 0 Å².